The number of likely N-dealkylation sites (tertiary alicyclic amines) is 1. The zero-order valence-corrected chi connectivity index (χ0v) is 26.4. The number of nitrogens with one attached hydrogen (secondary N) is 1. The van der Waals surface area contributed by atoms with Crippen molar-refractivity contribution in [3.05, 3.63) is 112 Å². The van der Waals surface area contributed by atoms with Gasteiger partial charge in [0.2, 0.25) is 15.9 Å². The van der Waals surface area contributed by atoms with Crippen LogP contribution in [0.15, 0.2) is 85.5 Å². The van der Waals surface area contributed by atoms with E-state index in [2.05, 4.69) is 17.4 Å². The monoisotopic (exact) mass is 635 g/mol. The second-order valence-electron chi connectivity index (χ2n) is 11.9. The lowest BCUT2D eigenvalue weighted by Gasteiger charge is -2.52. The van der Waals surface area contributed by atoms with Crippen molar-refractivity contribution >= 4 is 44.8 Å². The fraction of sp³-hybridized carbons (Fsp3) is 0.353. The number of nitriles is 1. The molecule has 1 saturated heterocycles. The summed E-state index contributed by atoms with van der Waals surface area (Å²) in [6.07, 6.45) is 5.02. The van der Waals surface area contributed by atoms with Crippen LogP contribution >= 0.6 is 23.2 Å². The Bertz CT molecular complexity index is 1650. The Balaban J connectivity index is 1.55. The molecule has 2 fully saturated rings. The molecular weight excluding hydrogens is 601 g/mol. The van der Waals surface area contributed by atoms with Crippen LogP contribution in [0.2, 0.25) is 10.0 Å². The first-order valence-electron chi connectivity index (χ1n) is 14.5. The molecule has 5 rings (SSSR count). The topological polar surface area (TPSA) is 90.3 Å². The van der Waals surface area contributed by atoms with Crippen LogP contribution in [0.1, 0.15) is 67.7 Å². The average Bonchev–Trinajstić information content (AvgIpc) is 3.81. The van der Waals surface area contributed by atoms with Gasteiger partial charge in [-0.25, -0.2) is 8.42 Å². The first kappa shape index (κ1) is 31.1. The molecule has 0 aromatic heterocycles. The summed E-state index contributed by atoms with van der Waals surface area (Å²) in [5.74, 6) is -0.0500. The van der Waals surface area contributed by atoms with Gasteiger partial charge in [0.15, 0.2) is 0 Å². The Morgan fingerprint density at radius 1 is 1.07 bits per heavy atom. The highest BCUT2D eigenvalue weighted by Crippen LogP contribution is 2.54. The van der Waals surface area contributed by atoms with Crippen molar-refractivity contribution in [3.63, 3.8) is 0 Å². The van der Waals surface area contributed by atoms with E-state index in [1.54, 1.807) is 24.3 Å². The minimum atomic E-state index is -3.76. The molecule has 0 unspecified atom stereocenters. The molecule has 4 atom stereocenters. The van der Waals surface area contributed by atoms with Crippen molar-refractivity contribution in [2.75, 3.05) is 10.5 Å². The number of sulfonamides is 1. The molecule has 2 aliphatic rings. The van der Waals surface area contributed by atoms with Gasteiger partial charge in [-0.15, -0.1) is 6.58 Å². The van der Waals surface area contributed by atoms with Crippen molar-refractivity contribution in [2.24, 2.45) is 11.3 Å². The average molecular weight is 637 g/mol. The zero-order valence-electron chi connectivity index (χ0n) is 24.0. The first-order chi connectivity index (χ1) is 20.5. The molecule has 0 bridgehead atoms. The first-order valence-corrected chi connectivity index (χ1v) is 16.9. The number of halogens is 2. The normalized spacial score (nSPS) is 22.9. The number of carbonyl (C=O) groups excluding carboxylic acids is 1. The lowest BCUT2D eigenvalue weighted by atomic mass is 9.67. The minimum Gasteiger partial charge on any atom is -0.331 e. The molecule has 3 aromatic rings. The van der Waals surface area contributed by atoms with E-state index in [-0.39, 0.29) is 42.0 Å². The maximum atomic E-state index is 14.6. The van der Waals surface area contributed by atoms with Gasteiger partial charge >= 0.3 is 0 Å². The van der Waals surface area contributed by atoms with Crippen LogP contribution in [0.25, 0.3) is 0 Å². The Morgan fingerprint density at radius 3 is 2.44 bits per heavy atom. The number of carbonyl (C=O) groups is 1. The van der Waals surface area contributed by atoms with E-state index in [4.69, 9.17) is 23.2 Å². The van der Waals surface area contributed by atoms with Gasteiger partial charge < -0.3 is 4.90 Å². The van der Waals surface area contributed by atoms with Crippen molar-refractivity contribution in [3.8, 4) is 6.07 Å². The summed E-state index contributed by atoms with van der Waals surface area (Å²) in [6, 6.07) is 23.2. The number of benzene rings is 3. The third kappa shape index (κ3) is 7.09. The highest BCUT2D eigenvalue weighted by atomic mass is 35.5. The summed E-state index contributed by atoms with van der Waals surface area (Å²) in [5.41, 5.74) is 1.97. The van der Waals surface area contributed by atoms with Gasteiger partial charge in [-0.2, -0.15) is 5.26 Å². The van der Waals surface area contributed by atoms with E-state index in [0.717, 1.165) is 24.0 Å². The van der Waals surface area contributed by atoms with Crippen LogP contribution in [0.5, 0.6) is 0 Å². The van der Waals surface area contributed by atoms with E-state index < -0.39 is 15.4 Å². The largest absolute Gasteiger partial charge is 0.331 e. The maximum Gasteiger partial charge on any atom is 0.232 e. The summed E-state index contributed by atoms with van der Waals surface area (Å²) >= 11 is 12.8. The highest BCUT2D eigenvalue weighted by molar-refractivity contribution is 7.92. The Morgan fingerprint density at radius 2 is 1.79 bits per heavy atom. The number of anilines is 1. The molecule has 1 aliphatic carbocycles. The third-order valence-corrected chi connectivity index (χ3v) is 10.5. The van der Waals surface area contributed by atoms with Gasteiger partial charge in [-0.05, 0) is 91.6 Å². The summed E-state index contributed by atoms with van der Waals surface area (Å²) < 4.78 is 29.3. The molecule has 43 heavy (non-hydrogen) atoms. The van der Waals surface area contributed by atoms with Crippen LogP contribution in [0.3, 0.4) is 0 Å². The van der Waals surface area contributed by atoms with Gasteiger partial charge in [-0.3, -0.25) is 9.52 Å². The van der Waals surface area contributed by atoms with E-state index in [9.17, 15) is 18.5 Å². The number of allylic oxidation sites excluding steroid dienone is 1. The molecule has 9 heteroatoms. The smallest absolute Gasteiger partial charge is 0.232 e. The number of nitrogens with zero attached hydrogens (tertiary/aromatic N) is 2. The number of amides is 1. The van der Waals surface area contributed by atoms with Crippen LogP contribution in [0.4, 0.5) is 5.69 Å². The Hall–Kier alpha value is -3.31. The fourth-order valence-corrected chi connectivity index (χ4v) is 7.96. The number of hydrogen-bond acceptors (Lipinski definition) is 4. The Kier molecular flexibility index (Phi) is 9.22. The van der Waals surface area contributed by atoms with Gasteiger partial charge in [0.1, 0.15) is 0 Å². The van der Waals surface area contributed by atoms with E-state index >= 15 is 0 Å². The second-order valence-corrected chi connectivity index (χ2v) is 14.6. The molecule has 0 radical (unpaired) electrons. The van der Waals surface area contributed by atoms with Gasteiger partial charge in [-0.1, -0.05) is 66.5 Å². The molecule has 6 nitrogen and oxygen atoms in total. The molecule has 1 aliphatic heterocycles. The predicted molar refractivity (Wildman–Crippen MR) is 172 cm³/mol. The zero-order chi connectivity index (χ0) is 30.8. The SMILES string of the molecule is C=CC[C@@]1(C)C[C@H](c2cccc(Cl)c2)[C@@H](c2ccc(Cl)cc2)N([C@@H](CCS(=O)(=O)Nc2cccc(C#N)c2)C2CC2)C1=O. The molecule has 1 saturated carbocycles. The molecular formula is C34H35Cl2N3O3S. The number of hydrogen-bond donors (Lipinski definition) is 1. The lowest BCUT2D eigenvalue weighted by molar-refractivity contribution is -0.155. The fourth-order valence-electron chi connectivity index (χ4n) is 6.49. The standard InChI is InChI=1S/C34H35Cl2N3O3S/c1-3-17-34(2)21-30(26-7-5-8-28(36)20-26)32(25-12-14-27(35)15-13-25)39(33(34)40)31(24-10-11-24)16-18-43(41,42)38-29-9-4-6-23(19-29)22-37/h3-9,12-15,19-20,24,30-32,38H,1,10-11,16-18,21H2,2H3/t30-,31+,32-,34+/m1/s1. The van der Waals surface area contributed by atoms with Crippen LogP contribution in [-0.2, 0) is 14.8 Å². The van der Waals surface area contributed by atoms with Gasteiger partial charge in [0.05, 0.1) is 28.8 Å². The quantitative estimate of drug-likeness (QED) is 0.215. The van der Waals surface area contributed by atoms with Gasteiger partial charge in [0.25, 0.3) is 0 Å². The van der Waals surface area contributed by atoms with Crippen molar-refractivity contribution in [2.45, 2.75) is 57.0 Å². The van der Waals surface area contributed by atoms with E-state index in [1.807, 2.05) is 60.4 Å². The van der Waals surface area contributed by atoms with Gasteiger partial charge in [0, 0.05) is 27.7 Å². The lowest BCUT2D eigenvalue weighted by Crippen LogP contribution is -2.56. The van der Waals surface area contributed by atoms with E-state index in [1.165, 1.54) is 6.07 Å². The summed E-state index contributed by atoms with van der Waals surface area (Å²) in [5, 5.41) is 10.4. The molecule has 0 spiro atoms. The van der Waals surface area contributed by atoms with Crippen molar-refractivity contribution in [1.29, 1.82) is 5.26 Å². The molecule has 1 heterocycles. The Labute approximate surface area is 264 Å². The molecule has 1 N–H and O–H groups in total. The molecule has 1 amide bonds. The highest BCUT2D eigenvalue weighted by Gasteiger charge is 2.53. The molecule has 224 valence electrons. The number of rotatable bonds is 11. The van der Waals surface area contributed by atoms with Crippen LogP contribution < -0.4 is 4.72 Å². The second kappa shape index (κ2) is 12.7. The van der Waals surface area contributed by atoms with Crippen molar-refractivity contribution < 1.29 is 13.2 Å². The summed E-state index contributed by atoms with van der Waals surface area (Å²) in [4.78, 5) is 16.6. The minimum absolute atomic E-state index is 0.00889. The predicted octanol–water partition coefficient (Wildman–Crippen LogP) is 8.12. The summed E-state index contributed by atoms with van der Waals surface area (Å²) in [7, 11) is -3.76. The third-order valence-electron chi connectivity index (χ3n) is 8.66. The molecule has 3 aromatic carbocycles. The maximum absolute atomic E-state index is 14.6. The van der Waals surface area contributed by atoms with Crippen LogP contribution in [0, 0.1) is 22.7 Å². The summed E-state index contributed by atoms with van der Waals surface area (Å²) in [6.45, 7) is 5.95. The number of piperidine rings is 1. The van der Waals surface area contributed by atoms with E-state index in [0.29, 0.717) is 34.1 Å². The van der Waals surface area contributed by atoms with Crippen LogP contribution in [-0.4, -0.2) is 31.0 Å². The van der Waals surface area contributed by atoms with Crippen molar-refractivity contribution in [1.82, 2.24) is 4.90 Å².